The average Bonchev–Trinajstić information content (AvgIpc) is 2.56. The summed E-state index contributed by atoms with van der Waals surface area (Å²) in [5, 5.41) is 0. The number of benzene rings is 1. The molecular weight excluding hydrogens is 328 g/mol. The van der Waals surface area contributed by atoms with Gasteiger partial charge in [0.2, 0.25) is 0 Å². The second kappa shape index (κ2) is 6.39. The molecule has 1 saturated heterocycles. The molecule has 1 aliphatic heterocycles. The van der Waals surface area contributed by atoms with Crippen LogP contribution in [0.1, 0.15) is 34.7 Å². The summed E-state index contributed by atoms with van der Waals surface area (Å²) in [6.45, 7) is 1.63. The maximum absolute atomic E-state index is 12.5. The fourth-order valence-corrected chi connectivity index (χ4v) is 3.31. The highest BCUT2D eigenvalue weighted by atomic mass is 79.9. The SMILES string of the molecule is O=C(c1ccccc1Br)N1CCC(c2ccncc2)CC1. The van der Waals surface area contributed by atoms with E-state index in [1.807, 2.05) is 41.6 Å². The van der Waals surface area contributed by atoms with Gasteiger partial charge in [-0.1, -0.05) is 12.1 Å². The van der Waals surface area contributed by atoms with Gasteiger partial charge in [-0.15, -0.1) is 0 Å². The van der Waals surface area contributed by atoms with Crippen LogP contribution in [0.3, 0.4) is 0 Å². The van der Waals surface area contributed by atoms with Gasteiger partial charge in [0.15, 0.2) is 0 Å². The first-order valence-corrected chi connectivity index (χ1v) is 7.99. The summed E-state index contributed by atoms with van der Waals surface area (Å²) in [4.78, 5) is 18.6. The molecule has 108 valence electrons. The Balaban J connectivity index is 1.66. The number of halogens is 1. The third-order valence-electron chi connectivity index (χ3n) is 4.06. The van der Waals surface area contributed by atoms with Gasteiger partial charge < -0.3 is 4.90 Å². The van der Waals surface area contributed by atoms with Gasteiger partial charge in [0, 0.05) is 30.0 Å². The number of carbonyl (C=O) groups is 1. The molecule has 0 aliphatic carbocycles. The molecule has 1 amide bonds. The topological polar surface area (TPSA) is 33.2 Å². The molecule has 3 rings (SSSR count). The first-order valence-electron chi connectivity index (χ1n) is 7.19. The summed E-state index contributed by atoms with van der Waals surface area (Å²) in [7, 11) is 0. The van der Waals surface area contributed by atoms with E-state index in [9.17, 15) is 4.79 Å². The van der Waals surface area contributed by atoms with Crippen LogP contribution in [-0.2, 0) is 0 Å². The molecule has 2 heterocycles. The van der Waals surface area contributed by atoms with Crippen molar-refractivity contribution in [2.24, 2.45) is 0 Å². The maximum Gasteiger partial charge on any atom is 0.254 e. The van der Waals surface area contributed by atoms with Gasteiger partial charge in [-0.05, 0) is 64.5 Å². The monoisotopic (exact) mass is 344 g/mol. The van der Waals surface area contributed by atoms with E-state index in [1.54, 1.807) is 0 Å². The van der Waals surface area contributed by atoms with Crippen LogP contribution in [0.4, 0.5) is 0 Å². The zero-order valence-electron chi connectivity index (χ0n) is 11.7. The van der Waals surface area contributed by atoms with Crippen molar-refractivity contribution in [1.82, 2.24) is 9.88 Å². The number of carbonyl (C=O) groups excluding carboxylic acids is 1. The molecule has 0 atom stereocenters. The third-order valence-corrected chi connectivity index (χ3v) is 4.76. The van der Waals surface area contributed by atoms with Crippen molar-refractivity contribution in [2.45, 2.75) is 18.8 Å². The number of aromatic nitrogens is 1. The molecule has 2 aromatic rings. The fraction of sp³-hybridized carbons (Fsp3) is 0.294. The lowest BCUT2D eigenvalue weighted by atomic mass is 9.90. The first kappa shape index (κ1) is 14.3. The van der Waals surface area contributed by atoms with Crippen LogP contribution >= 0.6 is 15.9 Å². The van der Waals surface area contributed by atoms with Gasteiger partial charge >= 0.3 is 0 Å². The van der Waals surface area contributed by atoms with Crippen LogP contribution in [-0.4, -0.2) is 28.9 Å². The van der Waals surface area contributed by atoms with E-state index >= 15 is 0 Å². The molecule has 0 bridgehead atoms. The van der Waals surface area contributed by atoms with E-state index in [4.69, 9.17) is 0 Å². The number of rotatable bonds is 2. The van der Waals surface area contributed by atoms with Crippen molar-refractivity contribution in [3.05, 3.63) is 64.4 Å². The number of nitrogens with zero attached hydrogens (tertiary/aromatic N) is 2. The Hall–Kier alpha value is -1.68. The summed E-state index contributed by atoms with van der Waals surface area (Å²) in [5.41, 5.74) is 2.08. The maximum atomic E-state index is 12.5. The summed E-state index contributed by atoms with van der Waals surface area (Å²) >= 11 is 3.46. The number of amides is 1. The Morgan fingerprint density at radius 2 is 1.76 bits per heavy atom. The van der Waals surface area contributed by atoms with Crippen molar-refractivity contribution < 1.29 is 4.79 Å². The zero-order chi connectivity index (χ0) is 14.7. The number of pyridine rings is 1. The van der Waals surface area contributed by atoms with Crippen LogP contribution in [0.15, 0.2) is 53.3 Å². The van der Waals surface area contributed by atoms with Gasteiger partial charge in [-0.2, -0.15) is 0 Å². The molecule has 0 spiro atoms. The Kier molecular flexibility index (Phi) is 4.34. The van der Waals surface area contributed by atoms with Crippen molar-refractivity contribution in [2.75, 3.05) is 13.1 Å². The second-order valence-electron chi connectivity index (χ2n) is 5.33. The van der Waals surface area contributed by atoms with Crippen molar-refractivity contribution in [3.63, 3.8) is 0 Å². The molecular formula is C17H17BrN2O. The molecule has 0 radical (unpaired) electrons. The summed E-state index contributed by atoms with van der Waals surface area (Å²) in [5.74, 6) is 0.659. The summed E-state index contributed by atoms with van der Waals surface area (Å²) in [6, 6.07) is 11.8. The van der Waals surface area contributed by atoms with Crippen LogP contribution in [0, 0.1) is 0 Å². The number of hydrogen-bond acceptors (Lipinski definition) is 2. The lowest BCUT2D eigenvalue weighted by molar-refractivity contribution is 0.0712. The van der Waals surface area contributed by atoms with Gasteiger partial charge in [0.05, 0.1) is 5.56 Å². The van der Waals surface area contributed by atoms with E-state index in [1.165, 1.54) is 5.56 Å². The molecule has 0 unspecified atom stereocenters. The predicted molar refractivity (Wildman–Crippen MR) is 86.3 cm³/mol. The highest BCUT2D eigenvalue weighted by Crippen LogP contribution is 2.29. The smallest absolute Gasteiger partial charge is 0.254 e. The van der Waals surface area contributed by atoms with E-state index in [2.05, 4.69) is 33.0 Å². The van der Waals surface area contributed by atoms with E-state index in [0.29, 0.717) is 5.92 Å². The normalized spacial score (nSPS) is 16.0. The standard InChI is InChI=1S/C17H17BrN2O/c18-16-4-2-1-3-15(16)17(21)20-11-7-14(8-12-20)13-5-9-19-10-6-13/h1-6,9-10,14H,7-8,11-12H2. The van der Waals surface area contributed by atoms with Crippen LogP contribution in [0.2, 0.25) is 0 Å². The number of piperidine rings is 1. The Labute approximate surface area is 133 Å². The molecule has 1 aliphatic rings. The first-order chi connectivity index (χ1) is 10.3. The fourth-order valence-electron chi connectivity index (χ4n) is 2.86. The predicted octanol–water partition coefficient (Wildman–Crippen LogP) is 3.86. The van der Waals surface area contributed by atoms with Gasteiger partial charge in [0.1, 0.15) is 0 Å². The third kappa shape index (κ3) is 3.16. The van der Waals surface area contributed by atoms with Gasteiger partial charge in [0.25, 0.3) is 5.91 Å². The summed E-state index contributed by atoms with van der Waals surface area (Å²) in [6.07, 6.45) is 5.71. The van der Waals surface area contributed by atoms with Crippen molar-refractivity contribution >= 4 is 21.8 Å². The largest absolute Gasteiger partial charge is 0.339 e. The molecule has 3 nitrogen and oxygen atoms in total. The lowest BCUT2D eigenvalue weighted by Crippen LogP contribution is -2.38. The highest BCUT2D eigenvalue weighted by Gasteiger charge is 2.25. The number of hydrogen-bond donors (Lipinski definition) is 0. The minimum Gasteiger partial charge on any atom is -0.339 e. The molecule has 1 aromatic heterocycles. The van der Waals surface area contributed by atoms with Crippen LogP contribution in [0.25, 0.3) is 0 Å². The van der Waals surface area contributed by atoms with Crippen LogP contribution < -0.4 is 0 Å². The van der Waals surface area contributed by atoms with Gasteiger partial charge in [-0.25, -0.2) is 0 Å². The van der Waals surface area contributed by atoms with Crippen molar-refractivity contribution in [3.8, 4) is 0 Å². The van der Waals surface area contributed by atoms with E-state index in [-0.39, 0.29) is 5.91 Å². The lowest BCUT2D eigenvalue weighted by Gasteiger charge is -2.32. The number of likely N-dealkylation sites (tertiary alicyclic amines) is 1. The van der Waals surface area contributed by atoms with E-state index in [0.717, 1.165) is 36.0 Å². The molecule has 4 heteroatoms. The Morgan fingerprint density at radius 1 is 1.10 bits per heavy atom. The second-order valence-corrected chi connectivity index (χ2v) is 6.18. The Morgan fingerprint density at radius 3 is 2.43 bits per heavy atom. The minimum atomic E-state index is 0.121. The average molecular weight is 345 g/mol. The molecule has 21 heavy (non-hydrogen) atoms. The molecule has 1 aromatic carbocycles. The van der Waals surface area contributed by atoms with Gasteiger partial charge in [-0.3, -0.25) is 9.78 Å². The minimum absolute atomic E-state index is 0.121. The quantitative estimate of drug-likeness (QED) is 0.828. The van der Waals surface area contributed by atoms with Crippen molar-refractivity contribution in [1.29, 1.82) is 0 Å². The zero-order valence-corrected chi connectivity index (χ0v) is 13.3. The molecule has 1 fully saturated rings. The molecule has 0 N–H and O–H groups in total. The Bertz CT molecular complexity index is 622. The molecule has 0 saturated carbocycles. The summed E-state index contributed by atoms with van der Waals surface area (Å²) < 4.78 is 0.867. The van der Waals surface area contributed by atoms with E-state index < -0.39 is 0 Å². The highest BCUT2D eigenvalue weighted by molar-refractivity contribution is 9.10. The van der Waals surface area contributed by atoms with Crippen LogP contribution in [0.5, 0.6) is 0 Å².